The van der Waals surface area contributed by atoms with Crippen LogP contribution in [-0.2, 0) is 13.0 Å². The molecule has 0 radical (unpaired) electrons. The first kappa shape index (κ1) is 12.7. The second kappa shape index (κ2) is 5.77. The van der Waals surface area contributed by atoms with E-state index in [0.717, 1.165) is 41.4 Å². The van der Waals surface area contributed by atoms with Crippen LogP contribution in [0.1, 0.15) is 24.6 Å². The number of anilines is 1. The number of nitrogens with one attached hydrogen (secondary N) is 1. The minimum Gasteiger partial charge on any atom is -0.454 e. The molecule has 20 heavy (non-hydrogen) atoms. The Hall–Kier alpha value is -2.30. The predicted octanol–water partition coefficient (Wildman–Crippen LogP) is 2.77. The Kier molecular flexibility index (Phi) is 3.67. The quantitative estimate of drug-likeness (QED) is 0.906. The fourth-order valence-corrected chi connectivity index (χ4v) is 2.20. The Morgan fingerprint density at radius 1 is 1.25 bits per heavy atom. The van der Waals surface area contributed by atoms with Crippen molar-refractivity contribution in [2.45, 2.75) is 26.3 Å². The van der Waals surface area contributed by atoms with Gasteiger partial charge in [-0.05, 0) is 12.5 Å². The molecule has 0 spiro atoms. The number of benzene rings is 1. The molecular formula is C15H17N3O2. The Balaban J connectivity index is 1.71. The molecule has 104 valence electrons. The second-order valence-electron chi connectivity index (χ2n) is 4.65. The molecule has 0 unspecified atom stereocenters. The lowest BCUT2D eigenvalue weighted by atomic mass is 10.2. The Morgan fingerprint density at radius 2 is 2.20 bits per heavy atom. The van der Waals surface area contributed by atoms with E-state index < -0.39 is 0 Å². The Labute approximate surface area is 118 Å². The summed E-state index contributed by atoms with van der Waals surface area (Å²) >= 11 is 0. The normalized spacial score (nSPS) is 12.4. The molecule has 0 atom stereocenters. The average Bonchev–Trinajstić information content (AvgIpc) is 2.95. The molecule has 1 aliphatic heterocycles. The molecule has 1 N–H and O–H groups in total. The number of aromatic nitrogens is 2. The van der Waals surface area contributed by atoms with Crippen LogP contribution in [0.25, 0.3) is 0 Å². The van der Waals surface area contributed by atoms with Crippen LogP contribution in [0.5, 0.6) is 11.5 Å². The summed E-state index contributed by atoms with van der Waals surface area (Å²) in [5.74, 6) is 2.46. The first-order valence-corrected chi connectivity index (χ1v) is 6.79. The molecule has 0 amide bonds. The largest absolute Gasteiger partial charge is 0.454 e. The summed E-state index contributed by atoms with van der Waals surface area (Å²) in [7, 11) is 0. The number of para-hydroxylation sites is 1. The van der Waals surface area contributed by atoms with Gasteiger partial charge in [-0.25, -0.2) is 9.97 Å². The molecule has 1 aromatic carbocycles. The molecule has 0 aliphatic carbocycles. The van der Waals surface area contributed by atoms with Gasteiger partial charge >= 0.3 is 0 Å². The minimum absolute atomic E-state index is 0.292. The summed E-state index contributed by atoms with van der Waals surface area (Å²) in [6.07, 6.45) is 3.64. The summed E-state index contributed by atoms with van der Waals surface area (Å²) < 4.78 is 10.9. The van der Waals surface area contributed by atoms with Gasteiger partial charge in [0.05, 0.1) is 0 Å². The van der Waals surface area contributed by atoms with E-state index in [4.69, 9.17) is 9.47 Å². The summed E-state index contributed by atoms with van der Waals surface area (Å²) in [5, 5.41) is 3.30. The van der Waals surface area contributed by atoms with Crippen LogP contribution in [0.15, 0.2) is 30.6 Å². The molecule has 0 saturated heterocycles. The van der Waals surface area contributed by atoms with E-state index in [0.29, 0.717) is 13.3 Å². The van der Waals surface area contributed by atoms with Crippen LogP contribution in [0.3, 0.4) is 0 Å². The van der Waals surface area contributed by atoms with Crippen molar-refractivity contribution in [2.75, 3.05) is 12.1 Å². The lowest BCUT2D eigenvalue weighted by Gasteiger charge is -2.08. The molecule has 1 aromatic heterocycles. The highest BCUT2D eigenvalue weighted by Crippen LogP contribution is 2.35. The molecule has 5 nitrogen and oxygen atoms in total. The van der Waals surface area contributed by atoms with Gasteiger partial charge in [-0.2, -0.15) is 0 Å². The third-order valence-electron chi connectivity index (χ3n) is 3.17. The van der Waals surface area contributed by atoms with Crippen LogP contribution >= 0.6 is 0 Å². The van der Waals surface area contributed by atoms with Crippen molar-refractivity contribution in [1.29, 1.82) is 0 Å². The van der Waals surface area contributed by atoms with Gasteiger partial charge in [0.25, 0.3) is 0 Å². The number of hydrogen-bond donors (Lipinski definition) is 1. The third-order valence-corrected chi connectivity index (χ3v) is 3.17. The van der Waals surface area contributed by atoms with Gasteiger partial charge in [0.15, 0.2) is 11.5 Å². The maximum Gasteiger partial charge on any atom is 0.231 e. The number of nitrogens with zero attached hydrogens (tertiary/aromatic N) is 2. The van der Waals surface area contributed by atoms with Gasteiger partial charge in [-0.15, -0.1) is 0 Å². The van der Waals surface area contributed by atoms with E-state index in [1.807, 2.05) is 24.3 Å². The van der Waals surface area contributed by atoms with E-state index in [1.165, 1.54) is 0 Å². The van der Waals surface area contributed by atoms with Gasteiger partial charge in [0.1, 0.15) is 12.1 Å². The molecule has 1 aliphatic rings. The molecule has 5 heteroatoms. The maximum atomic E-state index is 5.49. The molecule has 3 rings (SSSR count). The number of aryl methyl sites for hydroxylation is 1. The highest BCUT2D eigenvalue weighted by Gasteiger charge is 2.16. The van der Waals surface area contributed by atoms with Crippen molar-refractivity contribution in [1.82, 2.24) is 9.97 Å². The maximum absolute atomic E-state index is 5.49. The Morgan fingerprint density at radius 3 is 3.10 bits per heavy atom. The zero-order valence-corrected chi connectivity index (χ0v) is 11.4. The fourth-order valence-electron chi connectivity index (χ4n) is 2.20. The van der Waals surface area contributed by atoms with Crippen molar-refractivity contribution < 1.29 is 9.47 Å². The van der Waals surface area contributed by atoms with Gasteiger partial charge in [-0.3, -0.25) is 0 Å². The standard InChI is InChI=1S/C15H17N3O2/c1-2-4-12-7-14(18-9-17-12)16-8-11-5-3-6-13-15(11)20-10-19-13/h3,5-7,9H,2,4,8,10H2,1H3,(H,16,17,18). The van der Waals surface area contributed by atoms with E-state index in [1.54, 1.807) is 6.33 Å². The minimum atomic E-state index is 0.292. The average molecular weight is 271 g/mol. The smallest absolute Gasteiger partial charge is 0.231 e. The van der Waals surface area contributed by atoms with E-state index in [-0.39, 0.29) is 0 Å². The van der Waals surface area contributed by atoms with Gasteiger partial charge in [0.2, 0.25) is 6.79 Å². The van der Waals surface area contributed by atoms with E-state index in [9.17, 15) is 0 Å². The third kappa shape index (κ3) is 2.66. The number of fused-ring (bicyclic) bond motifs is 1. The highest BCUT2D eigenvalue weighted by atomic mass is 16.7. The van der Waals surface area contributed by atoms with Crippen molar-refractivity contribution in [3.8, 4) is 11.5 Å². The SMILES string of the molecule is CCCc1cc(NCc2cccc3c2OCO3)ncn1. The lowest BCUT2D eigenvalue weighted by molar-refractivity contribution is 0.173. The summed E-state index contributed by atoms with van der Waals surface area (Å²) in [6, 6.07) is 7.89. The van der Waals surface area contributed by atoms with Gasteiger partial charge < -0.3 is 14.8 Å². The van der Waals surface area contributed by atoms with Crippen molar-refractivity contribution in [2.24, 2.45) is 0 Å². The first-order chi connectivity index (χ1) is 9.86. The Bertz CT molecular complexity index is 601. The van der Waals surface area contributed by atoms with Crippen LogP contribution in [-0.4, -0.2) is 16.8 Å². The molecule has 0 saturated carbocycles. The summed E-state index contributed by atoms with van der Waals surface area (Å²) in [4.78, 5) is 8.48. The highest BCUT2D eigenvalue weighted by molar-refractivity contribution is 5.49. The predicted molar refractivity (Wildman–Crippen MR) is 75.9 cm³/mol. The molecule has 2 aromatic rings. The van der Waals surface area contributed by atoms with Crippen LogP contribution in [0, 0.1) is 0 Å². The summed E-state index contributed by atoms with van der Waals surface area (Å²) in [5.41, 5.74) is 2.12. The number of ether oxygens (including phenoxy) is 2. The lowest BCUT2D eigenvalue weighted by Crippen LogP contribution is -2.04. The summed E-state index contributed by atoms with van der Waals surface area (Å²) in [6.45, 7) is 3.08. The van der Waals surface area contributed by atoms with E-state index in [2.05, 4.69) is 22.2 Å². The number of rotatable bonds is 5. The van der Waals surface area contributed by atoms with Gasteiger partial charge in [-0.1, -0.05) is 25.5 Å². The monoisotopic (exact) mass is 271 g/mol. The zero-order valence-electron chi connectivity index (χ0n) is 11.4. The van der Waals surface area contributed by atoms with Crippen molar-refractivity contribution >= 4 is 5.82 Å². The molecule has 0 fully saturated rings. The second-order valence-corrected chi connectivity index (χ2v) is 4.65. The molecule has 2 heterocycles. The fraction of sp³-hybridized carbons (Fsp3) is 0.333. The van der Waals surface area contributed by atoms with Crippen LogP contribution in [0.2, 0.25) is 0 Å². The molecular weight excluding hydrogens is 254 g/mol. The van der Waals surface area contributed by atoms with Crippen molar-refractivity contribution in [3.05, 3.63) is 41.9 Å². The van der Waals surface area contributed by atoms with Crippen molar-refractivity contribution in [3.63, 3.8) is 0 Å². The number of hydrogen-bond acceptors (Lipinski definition) is 5. The topological polar surface area (TPSA) is 56.3 Å². The van der Waals surface area contributed by atoms with Gasteiger partial charge in [0, 0.05) is 23.9 Å². The van der Waals surface area contributed by atoms with E-state index >= 15 is 0 Å². The molecule has 0 bridgehead atoms. The van der Waals surface area contributed by atoms with Crippen LogP contribution in [0.4, 0.5) is 5.82 Å². The van der Waals surface area contributed by atoms with Crippen LogP contribution < -0.4 is 14.8 Å². The zero-order chi connectivity index (χ0) is 13.8. The first-order valence-electron chi connectivity index (χ1n) is 6.79.